The van der Waals surface area contributed by atoms with Crippen LogP contribution in [0.4, 0.5) is 5.88 Å². The predicted octanol–water partition coefficient (Wildman–Crippen LogP) is 2.42. The van der Waals surface area contributed by atoms with Gasteiger partial charge in [-0.05, 0) is 23.6 Å². The molecule has 2 N–H and O–H groups in total. The molecule has 0 aliphatic rings. The molecule has 2 aromatic rings. The zero-order chi connectivity index (χ0) is 12.3. The number of methoxy groups -OCH3 is 1. The van der Waals surface area contributed by atoms with E-state index in [9.17, 15) is 0 Å². The Morgan fingerprint density at radius 2 is 2.18 bits per heavy atom. The van der Waals surface area contributed by atoms with Crippen molar-refractivity contribution in [3.05, 3.63) is 41.1 Å². The van der Waals surface area contributed by atoms with Crippen molar-refractivity contribution in [3.63, 3.8) is 0 Å². The molecule has 90 valence electrons. The van der Waals surface area contributed by atoms with Crippen LogP contribution in [0.5, 0.6) is 5.75 Å². The smallest absolute Gasteiger partial charge is 0.222 e. The van der Waals surface area contributed by atoms with E-state index < -0.39 is 0 Å². The van der Waals surface area contributed by atoms with Gasteiger partial charge in [-0.2, -0.15) is 0 Å². The van der Waals surface area contributed by atoms with E-state index in [0.29, 0.717) is 5.88 Å². The van der Waals surface area contributed by atoms with Crippen LogP contribution in [0.2, 0.25) is 0 Å². The van der Waals surface area contributed by atoms with Gasteiger partial charge >= 0.3 is 0 Å². The summed E-state index contributed by atoms with van der Waals surface area (Å²) in [4.78, 5) is 0. The molecular weight excluding hydrogens is 216 g/mol. The Balaban J connectivity index is 2.22. The van der Waals surface area contributed by atoms with Crippen molar-refractivity contribution < 1.29 is 9.26 Å². The monoisotopic (exact) mass is 232 g/mol. The van der Waals surface area contributed by atoms with E-state index in [2.05, 4.69) is 18.1 Å². The second-order valence-corrected chi connectivity index (χ2v) is 3.90. The van der Waals surface area contributed by atoms with Crippen molar-refractivity contribution in [2.75, 3.05) is 12.8 Å². The molecule has 0 saturated carbocycles. The van der Waals surface area contributed by atoms with E-state index in [0.717, 1.165) is 24.3 Å². The van der Waals surface area contributed by atoms with Gasteiger partial charge in [-0.1, -0.05) is 24.2 Å². The number of benzene rings is 1. The number of ether oxygens (including phenoxy) is 1. The first kappa shape index (κ1) is 11.5. The van der Waals surface area contributed by atoms with E-state index >= 15 is 0 Å². The van der Waals surface area contributed by atoms with Crippen molar-refractivity contribution in [2.45, 2.75) is 19.8 Å². The van der Waals surface area contributed by atoms with Crippen LogP contribution in [0, 0.1) is 0 Å². The largest absolute Gasteiger partial charge is 0.496 e. The molecule has 0 aliphatic heterocycles. The first-order chi connectivity index (χ1) is 8.22. The van der Waals surface area contributed by atoms with Crippen LogP contribution in [0.1, 0.15) is 23.7 Å². The maximum atomic E-state index is 5.48. The number of nitrogen functional groups attached to an aromatic ring is 1. The lowest BCUT2D eigenvalue weighted by Crippen LogP contribution is -1.94. The van der Waals surface area contributed by atoms with Crippen molar-refractivity contribution in [1.82, 2.24) is 5.16 Å². The van der Waals surface area contributed by atoms with Crippen LogP contribution in [-0.4, -0.2) is 12.3 Å². The summed E-state index contributed by atoms with van der Waals surface area (Å²) in [5.74, 6) is 1.28. The third-order valence-corrected chi connectivity index (χ3v) is 2.69. The summed E-state index contributed by atoms with van der Waals surface area (Å²) in [6.45, 7) is 2.11. The van der Waals surface area contributed by atoms with Gasteiger partial charge in [0.25, 0.3) is 0 Å². The summed E-state index contributed by atoms with van der Waals surface area (Å²) in [6.07, 6.45) is 1.66. The highest BCUT2D eigenvalue weighted by molar-refractivity contribution is 5.39. The fraction of sp³-hybridized carbons (Fsp3) is 0.308. The molecule has 0 amide bonds. The lowest BCUT2D eigenvalue weighted by Gasteiger charge is -2.08. The number of hydrogen-bond acceptors (Lipinski definition) is 4. The highest BCUT2D eigenvalue weighted by Gasteiger charge is 2.06. The van der Waals surface area contributed by atoms with Gasteiger partial charge in [0.05, 0.1) is 12.8 Å². The van der Waals surface area contributed by atoms with E-state index in [1.54, 1.807) is 13.2 Å². The summed E-state index contributed by atoms with van der Waals surface area (Å²) < 4.78 is 10.1. The van der Waals surface area contributed by atoms with Gasteiger partial charge < -0.3 is 15.0 Å². The van der Waals surface area contributed by atoms with Crippen LogP contribution in [0.25, 0.3) is 0 Å². The molecule has 0 unspecified atom stereocenters. The molecule has 0 radical (unpaired) electrons. The third kappa shape index (κ3) is 2.58. The molecule has 2 rings (SSSR count). The highest BCUT2D eigenvalue weighted by Crippen LogP contribution is 2.22. The number of hydrogen-bond donors (Lipinski definition) is 1. The average molecular weight is 232 g/mol. The quantitative estimate of drug-likeness (QED) is 0.879. The number of rotatable bonds is 4. The van der Waals surface area contributed by atoms with Crippen LogP contribution >= 0.6 is 0 Å². The van der Waals surface area contributed by atoms with Crippen molar-refractivity contribution >= 4 is 5.88 Å². The molecule has 0 atom stereocenters. The first-order valence-electron chi connectivity index (χ1n) is 5.59. The maximum Gasteiger partial charge on any atom is 0.222 e. The van der Waals surface area contributed by atoms with E-state index in [4.69, 9.17) is 15.0 Å². The minimum Gasteiger partial charge on any atom is -0.496 e. The zero-order valence-corrected chi connectivity index (χ0v) is 10.1. The molecule has 0 spiro atoms. The lowest BCUT2D eigenvalue weighted by atomic mass is 10.0. The number of anilines is 1. The average Bonchev–Trinajstić information content (AvgIpc) is 2.74. The van der Waals surface area contributed by atoms with Crippen molar-refractivity contribution in [3.8, 4) is 5.75 Å². The van der Waals surface area contributed by atoms with Gasteiger partial charge in [0, 0.05) is 12.5 Å². The normalized spacial score (nSPS) is 10.5. The van der Waals surface area contributed by atoms with Crippen molar-refractivity contribution in [1.29, 1.82) is 0 Å². The summed E-state index contributed by atoms with van der Waals surface area (Å²) >= 11 is 0. The summed E-state index contributed by atoms with van der Waals surface area (Å²) in [7, 11) is 1.69. The van der Waals surface area contributed by atoms with Gasteiger partial charge in [0.1, 0.15) is 5.75 Å². The number of aromatic nitrogens is 1. The lowest BCUT2D eigenvalue weighted by molar-refractivity contribution is 0.410. The second-order valence-electron chi connectivity index (χ2n) is 3.90. The van der Waals surface area contributed by atoms with Gasteiger partial charge in [-0.3, -0.25) is 0 Å². The first-order valence-corrected chi connectivity index (χ1v) is 5.59. The van der Waals surface area contributed by atoms with Crippen LogP contribution in [0.15, 0.2) is 28.8 Å². The van der Waals surface area contributed by atoms with Crippen LogP contribution in [0.3, 0.4) is 0 Å². The molecule has 1 heterocycles. The Hall–Kier alpha value is -1.97. The van der Waals surface area contributed by atoms with Gasteiger partial charge in [0.2, 0.25) is 5.88 Å². The number of nitrogens with zero attached hydrogens (tertiary/aromatic N) is 1. The van der Waals surface area contributed by atoms with Crippen molar-refractivity contribution in [2.24, 2.45) is 0 Å². The maximum absolute atomic E-state index is 5.48. The molecular formula is C13H16N2O2. The molecule has 0 saturated heterocycles. The molecule has 0 aliphatic carbocycles. The minimum absolute atomic E-state index is 0.351. The van der Waals surface area contributed by atoms with Gasteiger partial charge in [-0.15, -0.1) is 0 Å². The summed E-state index contributed by atoms with van der Waals surface area (Å²) in [5, 5.41) is 3.88. The molecule has 1 aromatic carbocycles. The van der Waals surface area contributed by atoms with Gasteiger partial charge in [0.15, 0.2) is 0 Å². The van der Waals surface area contributed by atoms with Crippen LogP contribution < -0.4 is 10.5 Å². The minimum atomic E-state index is 0.351. The molecule has 17 heavy (non-hydrogen) atoms. The molecule has 0 bridgehead atoms. The van der Waals surface area contributed by atoms with E-state index in [1.807, 2.05) is 12.1 Å². The fourth-order valence-electron chi connectivity index (χ4n) is 1.84. The topological polar surface area (TPSA) is 61.3 Å². The summed E-state index contributed by atoms with van der Waals surface area (Å²) in [5.41, 5.74) is 8.70. The summed E-state index contributed by atoms with van der Waals surface area (Å²) in [6, 6.07) is 7.89. The van der Waals surface area contributed by atoms with E-state index in [1.165, 1.54) is 11.1 Å². The Kier molecular flexibility index (Phi) is 3.32. The molecule has 4 nitrogen and oxygen atoms in total. The van der Waals surface area contributed by atoms with E-state index in [-0.39, 0.29) is 0 Å². The Morgan fingerprint density at radius 3 is 2.76 bits per heavy atom. The molecule has 0 fully saturated rings. The second kappa shape index (κ2) is 4.91. The number of aryl methyl sites for hydroxylation is 1. The Morgan fingerprint density at radius 1 is 1.35 bits per heavy atom. The predicted molar refractivity (Wildman–Crippen MR) is 66.1 cm³/mol. The zero-order valence-electron chi connectivity index (χ0n) is 10.1. The molecule has 4 heteroatoms. The Labute approximate surface area is 100 Å². The fourth-order valence-corrected chi connectivity index (χ4v) is 1.84. The van der Waals surface area contributed by atoms with Crippen LogP contribution in [-0.2, 0) is 12.8 Å². The van der Waals surface area contributed by atoms with Gasteiger partial charge in [-0.25, -0.2) is 0 Å². The third-order valence-electron chi connectivity index (χ3n) is 2.69. The number of nitrogens with two attached hydrogens (primary N) is 1. The standard InChI is InChI=1S/C13H16N2O2/c1-3-10-6-9(4-5-12(10)16-2)7-11-8-13(14)17-15-11/h4-6,8H,3,7,14H2,1-2H3. The Bertz CT molecular complexity index is 506. The molecule has 1 aromatic heterocycles. The SMILES string of the molecule is CCc1cc(Cc2cc(N)on2)ccc1OC. The highest BCUT2D eigenvalue weighted by atomic mass is 16.5.